The maximum Gasteiger partial charge on any atom is 0.338 e. The fourth-order valence-electron chi connectivity index (χ4n) is 2.72. The first-order valence-electron chi connectivity index (χ1n) is 9.56. The molecular weight excluding hydrogens is 370 g/mol. The van der Waals surface area contributed by atoms with Crippen LogP contribution in [0.5, 0.6) is 0 Å². The van der Waals surface area contributed by atoms with Gasteiger partial charge in [-0.25, -0.2) is 4.79 Å². The van der Waals surface area contributed by atoms with Crippen molar-refractivity contribution in [1.29, 1.82) is 0 Å². The number of nitrogens with zero attached hydrogens (tertiary/aromatic N) is 2. The van der Waals surface area contributed by atoms with E-state index in [1.165, 1.54) is 29.4 Å². The zero-order valence-corrected chi connectivity index (χ0v) is 17.3. The number of benzene rings is 1. The number of rotatable bonds is 8. The van der Waals surface area contributed by atoms with E-state index in [1.54, 1.807) is 0 Å². The van der Waals surface area contributed by atoms with E-state index < -0.39 is 18.5 Å². The van der Waals surface area contributed by atoms with Crippen LogP contribution in [0.15, 0.2) is 42.7 Å². The standard InChI is InChI=1S/C22H27N3O4/c1-5-16(3)25(13-20(26)24-19-8-6-7-15(2)17(19)4)21(27)14-29-22(28)18-9-11-23-12-10-18/h6-12,16H,5,13-14H2,1-4H3,(H,24,26)/t16-/m1/s1. The van der Waals surface area contributed by atoms with Crippen LogP contribution in [0.1, 0.15) is 41.8 Å². The van der Waals surface area contributed by atoms with E-state index >= 15 is 0 Å². The molecule has 2 aromatic rings. The Hall–Kier alpha value is -3.22. The summed E-state index contributed by atoms with van der Waals surface area (Å²) in [6, 6.07) is 8.51. The maximum absolute atomic E-state index is 12.6. The molecule has 1 atom stereocenters. The van der Waals surface area contributed by atoms with Crippen molar-refractivity contribution in [2.24, 2.45) is 0 Å². The molecule has 0 unspecified atom stereocenters. The number of amides is 2. The topological polar surface area (TPSA) is 88.6 Å². The van der Waals surface area contributed by atoms with Gasteiger partial charge in [-0.05, 0) is 56.5 Å². The molecule has 2 amide bonds. The highest BCUT2D eigenvalue weighted by molar-refractivity contribution is 5.96. The first-order chi connectivity index (χ1) is 13.8. The van der Waals surface area contributed by atoms with Crippen molar-refractivity contribution in [2.75, 3.05) is 18.5 Å². The molecule has 0 saturated carbocycles. The summed E-state index contributed by atoms with van der Waals surface area (Å²) in [4.78, 5) is 42.5. The average Bonchev–Trinajstić information content (AvgIpc) is 2.73. The van der Waals surface area contributed by atoms with Gasteiger partial charge in [-0.15, -0.1) is 0 Å². The van der Waals surface area contributed by atoms with Crippen LogP contribution in [0, 0.1) is 13.8 Å². The Morgan fingerprint density at radius 2 is 1.83 bits per heavy atom. The van der Waals surface area contributed by atoms with Crippen LogP contribution in [0.3, 0.4) is 0 Å². The second-order valence-corrected chi connectivity index (χ2v) is 6.89. The molecule has 154 valence electrons. The summed E-state index contributed by atoms with van der Waals surface area (Å²) in [5, 5.41) is 2.86. The fourth-order valence-corrected chi connectivity index (χ4v) is 2.72. The van der Waals surface area contributed by atoms with Gasteiger partial charge in [0.05, 0.1) is 5.56 Å². The molecule has 1 heterocycles. The molecule has 7 heteroatoms. The third-order valence-electron chi connectivity index (χ3n) is 4.88. The SMILES string of the molecule is CC[C@@H](C)N(CC(=O)Nc1cccc(C)c1C)C(=O)COC(=O)c1ccncc1. The van der Waals surface area contributed by atoms with Crippen LogP contribution in [-0.4, -0.2) is 46.9 Å². The van der Waals surface area contributed by atoms with E-state index in [-0.39, 0.29) is 18.5 Å². The Bertz CT molecular complexity index is 868. The van der Waals surface area contributed by atoms with Gasteiger partial charge in [0.25, 0.3) is 5.91 Å². The van der Waals surface area contributed by atoms with Crippen molar-refractivity contribution in [2.45, 2.75) is 40.2 Å². The van der Waals surface area contributed by atoms with Gasteiger partial charge in [-0.2, -0.15) is 0 Å². The van der Waals surface area contributed by atoms with Crippen molar-refractivity contribution in [3.8, 4) is 0 Å². The molecule has 0 aliphatic carbocycles. The van der Waals surface area contributed by atoms with E-state index in [9.17, 15) is 14.4 Å². The lowest BCUT2D eigenvalue weighted by Crippen LogP contribution is -2.45. The summed E-state index contributed by atoms with van der Waals surface area (Å²) in [5.74, 6) is -1.32. The number of nitrogens with one attached hydrogen (secondary N) is 1. The summed E-state index contributed by atoms with van der Waals surface area (Å²) in [5.41, 5.74) is 3.08. The predicted molar refractivity (Wildman–Crippen MR) is 111 cm³/mol. The average molecular weight is 397 g/mol. The Kier molecular flexibility index (Phi) is 7.88. The highest BCUT2D eigenvalue weighted by atomic mass is 16.5. The number of ether oxygens (including phenoxy) is 1. The van der Waals surface area contributed by atoms with Gasteiger partial charge in [0.1, 0.15) is 6.54 Å². The second-order valence-electron chi connectivity index (χ2n) is 6.89. The van der Waals surface area contributed by atoms with Crippen molar-refractivity contribution >= 4 is 23.5 Å². The van der Waals surface area contributed by atoms with Crippen molar-refractivity contribution in [1.82, 2.24) is 9.88 Å². The smallest absolute Gasteiger partial charge is 0.338 e. The molecule has 7 nitrogen and oxygen atoms in total. The number of carbonyl (C=O) groups is 3. The summed E-state index contributed by atoms with van der Waals surface area (Å²) < 4.78 is 5.11. The molecule has 0 aliphatic heterocycles. The molecular formula is C22H27N3O4. The van der Waals surface area contributed by atoms with Crippen LogP contribution in [-0.2, 0) is 14.3 Å². The van der Waals surface area contributed by atoms with Crippen LogP contribution in [0.2, 0.25) is 0 Å². The van der Waals surface area contributed by atoms with Crippen molar-refractivity contribution < 1.29 is 19.1 Å². The van der Waals surface area contributed by atoms with Gasteiger partial charge in [0.15, 0.2) is 6.61 Å². The minimum absolute atomic E-state index is 0.117. The van der Waals surface area contributed by atoms with Crippen LogP contribution in [0.4, 0.5) is 5.69 Å². The van der Waals surface area contributed by atoms with Gasteiger partial charge >= 0.3 is 5.97 Å². The number of anilines is 1. The minimum atomic E-state index is -0.607. The third-order valence-corrected chi connectivity index (χ3v) is 4.88. The van der Waals surface area contributed by atoms with Crippen molar-refractivity contribution in [3.05, 3.63) is 59.4 Å². The number of pyridine rings is 1. The third kappa shape index (κ3) is 6.14. The monoisotopic (exact) mass is 397 g/mol. The summed E-state index contributed by atoms with van der Waals surface area (Å²) in [6.45, 7) is 7.14. The quantitative estimate of drug-likeness (QED) is 0.692. The molecule has 0 spiro atoms. The van der Waals surface area contributed by atoms with Gasteiger partial charge in [-0.1, -0.05) is 19.1 Å². The Balaban J connectivity index is 2.00. The molecule has 0 fully saturated rings. The van der Waals surface area contributed by atoms with Crippen LogP contribution in [0.25, 0.3) is 0 Å². The summed E-state index contributed by atoms with van der Waals surface area (Å²) in [7, 11) is 0. The number of aryl methyl sites for hydroxylation is 1. The van der Waals surface area contributed by atoms with E-state index in [4.69, 9.17) is 4.74 Å². The Morgan fingerprint density at radius 3 is 2.48 bits per heavy atom. The van der Waals surface area contributed by atoms with E-state index in [1.807, 2.05) is 45.9 Å². The van der Waals surface area contributed by atoms with Gasteiger partial charge in [0, 0.05) is 24.1 Å². The molecule has 2 rings (SSSR count). The largest absolute Gasteiger partial charge is 0.452 e. The van der Waals surface area contributed by atoms with Crippen molar-refractivity contribution in [3.63, 3.8) is 0 Å². The molecule has 1 aromatic carbocycles. The molecule has 0 radical (unpaired) electrons. The lowest BCUT2D eigenvalue weighted by atomic mass is 10.1. The zero-order chi connectivity index (χ0) is 21.4. The Morgan fingerprint density at radius 1 is 1.14 bits per heavy atom. The molecule has 0 saturated heterocycles. The van der Waals surface area contributed by atoms with Gasteiger partial charge in [0.2, 0.25) is 5.91 Å². The second kappa shape index (κ2) is 10.4. The molecule has 29 heavy (non-hydrogen) atoms. The highest BCUT2D eigenvalue weighted by Crippen LogP contribution is 2.18. The summed E-state index contributed by atoms with van der Waals surface area (Å²) in [6.07, 6.45) is 3.61. The first kappa shape index (κ1) is 22.1. The number of esters is 1. The normalized spacial score (nSPS) is 11.4. The minimum Gasteiger partial charge on any atom is -0.452 e. The maximum atomic E-state index is 12.6. The Labute approximate surface area is 171 Å². The van der Waals surface area contributed by atoms with E-state index in [0.717, 1.165) is 16.8 Å². The fraction of sp³-hybridized carbons (Fsp3) is 0.364. The van der Waals surface area contributed by atoms with Gasteiger partial charge < -0.3 is 15.0 Å². The van der Waals surface area contributed by atoms with E-state index in [0.29, 0.717) is 12.0 Å². The lowest BCUT2D eigenvalue weighted by Gasteiger charge is -2.28. The molecule has 0 bridgehead atoms. The zero-order valence-electron chi connectivity index (χ0n) is 17.3. The molecule has 1 aromatic heterocycles. The number of aromatic nitrogens is 1. The highest BCUT2D eigenvalue weighted by Gasteiger charge is 2.23. The van der Waals surface area contributed by atoms with Crippen LogP contribution >= 0.6 is 0 Å². The summed E-state index contributed by atoms with van der Waals surface area (Å²) >= 11 is 0. The number of hydrogen-bond donors (Lipinski definition) is 1. The molecule has 1 N–H and O–H groups in total. The predicted octanol–water partition coefficient (Wildman–Crippen LogP) is 3.12. The van der Waals surface area contributed by atoms with E-state index in [2.05, 4.69) is 10.3 Å². The van der Waals surface area contributed by atoms with Gasteiger partial charge in [-0.3, -0.25) is 14.6 Å². The van der Waals surface area contributed by atoms with Crippen LogP contribution < -0.4 is 5.32 Å². The molecule has 0 aliphatic rings. The lowest BCUT2D eigenvalue weighted by molar-refractivity contribution is -0.139. The first-order valence-corrected chi connectivity index (χ1v) is 9.56. The number of carbonyl (C=O) groups excluding carboxylic acids is 3. The number of hydrogen-bond acceptors (Lipinski definition) is 5.